The summed E-state index contributed by atoms with van der Waals surface area (Å²) in [6, 6.07) is 6.01. The van der Waals surface area contributed by atoms with E-state index in [9.17, 15) is 9.59 Å². The largest absolute Gasteiger partial charge is 0.497 e. The smallest absolute Gasteiger partial charge is 0.251 e. The van der Waals surface area contributed by atoms with Gasteiger partial charge in [-0.05, 0) is 49.4 Å². The molecule has 2 heterocycles. The van der Waals surface area contributed by atoms with Gasteiger partial charge >= 0.3 is 0 Å². The van der Waals surface area contributed by atoms with Gasteiger partial charge in [0.2, 0.25) is 17.8 Å². The Kier molecular flexibility index (Phi) is 6.69. The van der Waals surface area contributed by atoms with Gasteiger partial charge in [-0.15, -0.1) is 5.10 Å². The Bertz CT molecular complexity index is 827. The van der Waals surface area contributed by atoms with Crippen molar-refractivity contribution in [3.05, 3.63) is 29.8 Å². The highest BCUT2D eigenvalue weighted by Gasteiger charge is 2.26. The fourth-order valence-corrected chi connectivity index (χ4v) is 3.24. The Morgan fingerprint density at radius 3 is 2.45 bits per heavy atom. The van der Waals surface area contributed by atoms with Crippen LogP contribution >= 0.6 is 0 Å². The Labute approximate surface area is 170 Å². The SMILES string of the molecule is COc1ccc(C(=O)NC(C(=O)Nc2nc(N3CCCCC3)n[nH]2)C(C)C)cc1. The number of piperidine rings is 1. The molecule has 1 atom stereocenters. The van der Waals surface area contributed by atoms with Crippen molar-refractivity contribution in [1.29, 1.82) is 0 Å². The molecule has 1 aliphatic rings. The number of H-pyrrole nitrogens is 1. The summed E-state index contributed by atoms with van der Waals surface area (Å²) in [5.74, 6) is 0.746. The third kappa shape index (κ3) is 5.24. The lowest BCUT2D eigenvalue weighted by molar-refractivity contribution is -0.118. The Morgan fingerprint density at radius 1 is 1.14 bits per heavy atom. The zero-order chi connectivity index (χ0) is 20.8. The summed E-state index contributed by atoms with van der Waals surface area (Å²) >= 11 is 0. The van der Waals surface area contributed by atoms with Crippen LogP contribution in [-0.4, -0.2) is 53.2 Å². The number of amides is 2. The maximum Gasteiger partial charge on any atom is 0.251 e. The van der Waals surface area contributed by atoms with E-state index in [1.165, 1.54) is 6.42 Å². The number of ether oxygens (including phenoxy) is 1. The zero-order valence-corrected chi connectivity index (χ0v) is 17.1. The van der Waals surface area contributed by atoms with E-state index >= 15 is 0 Å². The Morgan fingerprint density at radius 2 is 1.83 bits per heavy atom. The first-order valence-corrected chi connectivity index (χ1v) is 9.91. The highest BCUT2D eigenvalue weighted by molar-refractivity contribution is 6.00. The summed E-state index contributed by atoms with van der Waals surface area (Å²) < 4.78 is 5.10. The zero-order valence-electron chi connectivity index (χ0n) is 17.1. The van der Waals surface area contributed by atoms with Crippen LogP contribution in [0.5, 0.6) is 5.75 Å². The molecular weight excluding hydrogens is 372 g/mol. The van der Waals surface area contributed by atoms with E-state index in [0.717, 1.165) is 25.9 Å². The van der Waals surface area contributed by atoms with Crippen molar-refractivity contribution in [2.45, 2.75) is 39.2 Å². The van der Waals surface area contributed by atoms with Crippen molar-refractivity contribution >= 4 is 23.7 Å². The molecule has 156 valence electrons. The van der Waals surface area contributed by atoms with Crippen LogP contribution in [0, 0.1) is 5.92 Å². The molecule has 2 aromatic rings. The van der Waals surface area contributed by atoms with Crippen molar-refractivity contribution in [3.8, 4) is 5.75 Å². The van der Waals surface area contributed by atoms with E-state index < -0.39 is 6.04 Å². The topological polar surface area (TPSA) is 112 Å². The lowest BCUT2D eigenvalue weighted by atomic mass is 10.0. The number of aromatic nitrogens is 3. The summed E-state index contributed by atoms with van der Waals surface area (Å²) in [5, 5.41) is 12.5. The molecule has 0 aliphatic carbocycles. The van der Waals surface area contributed by atoms with Gasteiger partial charge in [0.05, 0.1) is 7.11 Å². The fourth-order valence-electron chi connectivity index (χ4n) is 3.24. The molecular formula is C20H28N6O3. The number of methoxy groups -OCH3 is 1. The number of anilines is 2. The van der Waals surface area contributed by atoms with E-state index in [0.29, 0.717) is 17.3 Å². The number of aromatic amines is 1. The number of hydrogen-bond acceptors (Lipinski definition) is 6. The van der Waals surface area contributed by atoms with Crippen LogP contribution in [0.15, 0.2) is 24.3 Å². The van der Waals surface area contributed by atoms with Crippen molar-refractivity contribution in [2.24, 2.45) is 5.92 Å². The minimum absolute atomic E-state index is 0.110. The van der Waals surface area contributed by atoms with Gasteiger partial charge < -0.3 is 15.0 Å². The number of carbonyl (C=O) groups excluding carboxylic acids is 2. The number of hydrogen-bond donors (Lipinski definition) is 3. The van der Waals surface area contributed by atoms with Gasteiger partial charge in [0.15, 0.2) is 0 Å². The van der Waals surface area contributed by atoms with Crippen LogP contribution in [-0.2, 0) is 4.79 Å². The summed E-state index contributed by atoms with van der Waals surface area (Å²) in [6.45, 7) is 5.58. The lowest BCUT2D eigenvalue weighted by Gasteiger charge is -2.24. The first-order chi connectivity index (χ1) is 14.0. The van der Waals surface area contributed by atoms with Crippen molar-refractivity contribution in [1.82, 2.24) is 20.5 Å². The molecule has 1 aromatic heterocycles. The van der Waals surface area contributed by atoms with Gasteiger partial charge in [-0.3, -0.25) is 14.9 Å². The second-order valence-electron chi connectivity index (χ2n) is 7.44. The predicted octanol–water partition coefficient (Wildman–Crippen LogP) is 2.20. The molecule has 1 saturated heterocycles. The van der Waals surface area contributed by atoms with Gasteiger partial charge in [0.25, 0.3) is 5.91 Å². The molecule has 0 bridgehead atoms. The molecule has 0 radical (unpaired) electrons. The molecule has 1 aliphatic heterocycles. The molecule has 9 nitrogen and oxygen atoms in total. The normalized spacial score (nSPS) is 15.1. The number of rotatable bonds is 7. The van der Waals surface area contributed by atoms with Crippen LogP contribution in [0.25, 0.3) is 0 Å². The molecule has 1 unspecified atom stereocenters. The van der Waals surface area contributed by atoms with Crippen LogP contribution in [0.2, 0.25) is 0 Å². The second-order valence-corrected chi connectivity index (χ2v) is 7.44. The predicted molar refractivity (Wildman–Crippen MR) is 110 cm³/mol. The van der Waals surface area contributed by atoms with Crippen LogP contribution in [0.4, 0.5) is 11.9 Å². The highest BCUT2D eigenvalue weighted by atomic mass is 16.5. The summed E-state index contributed by atoms with van der Waals surface area (Å²) in [4.78, 5) is 31.8. The Hall–Kier alpha value is -3.10. The van der Waals surface area contributed by atoms with E-state index in [1.54, 1.807) is 31.4 Å². The van der Waals surface area contributed by atoms with Crippen molar-refractivity contribution < 1.29 is 14.3 Å². The van der Waals surface area contributed by atoms with E-state index in [4.69, 9.17) is 4.74 Å². The average Bonchev–Trinajstić information content (AvgIpc) is 3.20. The fraction of sp³-hybridized carbons (Fsp3) is 0.500. The standard InChI is InChI=1S/C20H28N6O3/c1-13(2)16(21-17(27)14-7-9-15(29-3)10-8-14)18(28)22-19-23-20(25-24-19)26-11-5-4-6-12-26/h7-10,13,16H,4-6,11-12H2,1-3H3,(H,21,27)(H2,22,23,24,25,28). The van der Waals surface area contributed by atoms with Gasteiger partial charge in [-0.25, -0.2) is 5.10 Å². The molecule has 1 aromatic carbocycles. The summed E-state index contributed by atoms with van der Waals surface area (Å²) in [7, 11) is 1.56. The van der Waals surface area contributed by atoms with Gasteiger partial charge in [-0.1, -0.05) is 13.8 Å². The first kappa shape index (κ1) is 20.6. The monoisotopic (exact) mass is 400 g/mol. The highest BCUT2D eigenvalue weighted by Crippen LogP contribution is 2.17. The number of nitrogens with zero attached hydrogens (tertiary/aromatic N) is 3. The second kappa shape index (κ2) is 9.40. The summed E-state index contributed by atoms with van der Waals surface area (Å²) in [5.41, 5.74) is 0.455. The van der Waals surface area contributed by atoms with Gasteiger partial charge in [0.1, 0.15) is 11.8 Å². The van der Waals surface area contributed by atoms with E-state index in [-0.39, 0.29) is 23.7 Å². The summed E-state index contributed by atoms with van der Waals surface area (Å²) in [6.07, 6.45) is 3.45. The molecule has 0 saturated carbocycles. The molecule has 29 heavy (non-hydrogen) atoms. The quantitative estimate of drug-likeness (QED) is 0.657. The maximum absolute atomic E-state index is 12.8. The van der Waals surface area contributed by atoms with Crippen LogP contribution in [0.1, 0.15) is 43.5 Å². The maximum atomic E-state index is 12.8. The number of carbonyl (C=O) groups is 2. The number of nitrogens with one attached hydrogen (secondary N) is 3. The Balaban J connectivity index is 1.63. The van der Waals surface area contributed by atoms with Gasteiger partial charge in [0, 0.05) is 18.7 Å². The van der Waals surface area contributed by atoms with E-state index in [1.807, 2.05) is 13.8 Å². The molecule has 2 amide bonds. The molecule has 1 fully saturated rings. The van der Waals surface area contributed by atoms with Gasteiger partial charge in [-0.2, -0.15) is 4.98 Å². The first-order valence-electron chi connectivity index (χ1n) is 9.91. The third-order valence-corrected chi connectivity index (χ3v) is 4.94. The average molecular weight is 400 g/mol. The molecule has 3 rings (SSSR count). The molecule has 3 N–H and O–H groups in total. The van der Waals surface area contributed by atoms with Crippen molar-refractivity contribution in [2.75, 3.05) is 30.4 Å². The minimum Gasteiger partial charge on any atom is -0.497 e. The van der Waals surface area contributed by atoms with E-state index in [2.05, 4.69) is 30.7 Å². The lowest BCUT2D eigenvalue weighted by Crippen LogP contribution is -2.47. The van der Waals surface area contributed by atoms with Crippen LogP contribution < -0.4 is 20.3 Å². The van der Waals surface area contributed by atoms with Crippen molar-refractivity contribution in [3.63, 3.8) is 0 Å². The molecule has 9 heteroatoms. The number of benzene rings is 1. The van der Waals surface area contributed by atoms with Crippen LogP contribution in [0.3, 0.4) is 0 Å². The third-order valence-electron chi connectivity index (χ3n) is 4.94. The molecule has 0 spiro atoms. The minimum atomic E-state index is -0.715.